The molecule has 1 nitrogen and oxygen atoms in total. The minimum atomic E-state index is 0.483. The van der Waals surface area contributed by atoms with Gasteiger partial charge in [-0.05, 0) is 47.9 Å². The van der Waals surface area contributed by atoms with Crippen LogP contribution in [0.1, 0.15) is 29.2 Å². The molecule has 0 saturated carbocycles. The SMILES string of the molecule is Cc1cc(CNC2CCSc3ccccc32)ccc1Br. The molecule has 3 heteroatoms. The van der Waals surface area contributed by atoms with Crippen LogP contribution in [0, 0.1) is 6.92 Å². The van der Waals surface area contributed by atoms with Gasteiger partial charge in [-0.25, -0.2) is 0 Å². The molecular weight excluding hydrogens is 330 g/mol. The smallest absolute Gasteiger partial charge is 0.0342 e. The van der Waals surface area contributed by atoms with E-state index in [0.717, 1.165) is 6.54 Å². The van der Waals surface area contributed by atoms with E-state index in [9.17, 15) is 0 Å². The third kappa shape index (κ3) is 3.11. The summed E-state index contributed by atoms with van der Waals surface area (Å²) >= 11 is 5.53. The topological polar surface area (TPSA) is 12.0 Å². The number of fused-ring (bicyclic) bond motifs is 1. The first kappa shape index (κ1) is 14.2. The van der Waals surface area contributed by atoms with Crippen LogP contribution in [0.15, 0.2) is 51.8 Å². The van der Waals surface area contributed by atoms with E-state index in [1.807, 2.05) is 11.8 Å². The first-order valence-electron chi connectivity index (χ1n) is 6.94. The van der Waals surface area contributed by atoms with Crippen molar-refractivity contribution in [1.82, 2.24) is 5.32 Å². The zero-order valence-electron chi connectivity index (χ0n) is 11.5. The quantitative estimate of drug-likeness (QED) is 0.830. The Balaban J connectivity index is 1.71. The zero-order chi connectivity index (χ0) is 13.9. The zero-order valence-corrected chi connectivity index (χ0v) is 13.9. The van der Waals surface area contributed by atoms with Crippen LogP contribution < -0.4 is 5.32 Å². The molecule has 104 valence electrons. The highest BCUT2D eigenvalue weighted by Crippen LogP contribution is 2.35. The van der Waals surface area contributed by atoms with Gasteiger partial charge in [-0.2, -0.15) is 0 Å². The van der Waals surface area contributed by atoms with Crippen LogP contribution in [0.5, 0.6) is 0 Å². The van der Waals surface area contributed by atoms with Gasteiger partial charge in [-0.1, -0.05) is 46.3 Å². The average Bonchev–Trinajstić information content (AvgIpc) is 2.48. The summed E-state index contributed by atoms with van der Waals surface area (Å²) in [6.45, 7) is 3.07. The van der Waals surface area contributed by atoms with Gasteiger partial charge >= 0.3 is 0 Å². The van der Waals surface area contributed by atoms with Crippen LogP contribution >= 0.6 is 27.7 Å². The van der Waals surface area contributed by atoms with Gasteiger partial charge < -0.3 is 5.32 Å². The number of aryl methyl sites for hydroxylation is 1. The molecule has 3 rings (SSSR count). The molecule has 0 bridgehead atoms. The molecule has 0 amide bonds. The normalized spacial score (nSPS) is 17.8. The number of rotatable bonds is 3. The average molecular weight is 348 g/mol. The summed E-state index contributed by atoms with van der Waals surface area (Å²) < 4.78 is 1.18. The second kappa shape index (κ2) is 6.33. The molecular formula is C17H18BrNS. The summed E-state index contributed by atoms with van der Waals surface area (Å²) in [5, 5.41) is 3.71. The Morgan fingerprint density at radius 1 is 1.25 bits per heavy atom. The molecule has 2 aromatic rings. The molecule has 0 spiro atoms. The predicted molar refractivity (Wildman–Crippen MR) is 90.2 cm³/mol. The van der Waals surface area contributed by atoms with Gasteiger partial charge in [0.05, 0.1) is 0 Å². The molecule has 0 radical (unpaired) electrons. The van der Waals surface area contributed by atoms with E-state index in [0.29, 0.717) is 6.04 Å². The van der Waals surface area contributed by atoms with Crippen molar-refractivity contribution >= 4 is 27.7 Å². The minimum absolute atomic E-state index is 0.483. The second-order valence-corrected chi connectivity index (χ2v) is 7.18. The van der Waals surface area contributed by atoms with Crippen LogP contribution in [-0.2, 0) is 6.54 Å². The van der Waals surface area contributed by atoms with Crippen molar-refractivity contribution in [3.05, 3.63) is 63.6 Å². The summed E-state index contributed by atoms with van der Waals surface area (Å²) in [6, 6.07) is 15.8. The van der Waals surface area contributed by atoms with E-state index in [1.165, 1.54) is 38.2 Å². The van der Waals surface area contributed by atoms with Gasteiger partial charge in [0.1, 0.15) is 0 Å². The largest absolute Gasteiger partial charge is 0.306 e. The van der Waals surface area contributed by atoms with Crippen LogP contribution in [0.25, 0.3) is 0 Å². The maximum Gasteiger partial charge on any atom is 0.0342 e. The third-order valence-electron chi connectivity index (χ3n) is 3.73. The summed E-state index contributed by atoms with van der Waals surface area (Å²) in [6.07, 6.45) is 1.21. The number of benzene rings is 2. The standard InChI is InChI=1S/C17H18BrNS/c1-12-10-13(6-7-15(12)18)11-19-16-8-9-20-17-5-3-2-4-14(16)17/h2-7,10,16,19H,8-9,11H2,1H3. The van der Waals surface area contributed by atoms with E-state index in [-0.39, 0.29) is 0 Å². The molecule has 1 aliphatic rings. The number of hydrogen-bond acceptors (Lipinski definition) is 2. The van der Waals surface area contributed by atoms with Gasteiger partial charge in [0.2, 0.25) is 0 Å². The molecule has 0 aromatic heterocycles. The van der Waals surface area contributed by atoms with Crippen LogP contribution in [0.3, 0.4) is 0 Å². The summed E-state index contributed by atoms with van der Waals surface area (Å²) in [4.78, 5) is 1.43. The van der Waals surface area contributed by atoms with Crippen molar-refractivity contribution < 1.29 is 0 Å². The van der Waals surface area contributed by atoms with Crippen molar-refractivity contribution in [2.75, 3.05) is 5.75 Å². The van der Waals surface area contributed by atoms with Gasteiger partial charge in [0.15, 0.2) is 0 Å². The number of thioether (sulfide) groups is 1. The molecule has 1 unspecified atom stereocenters. The van der Waals surface area contributed by atoms with Gasteiger partial charge in [-0.3, -0.25) is 0 Å². The summed E-state index contributed by atoms with van der Waals surface area (Å²) in [5.74, 6) is 1.20. The van der Waals surface area contributed by atoms with E-state index in [4.69, 9.17) is 0 Å². The highest BCUT2D eigenvalue weighted by molar-refractivity contribution is 9.10. The Kier molecular flexibility index (Phi) is 4.49. The highest BCUT2D eigenvalue weighted by atomic mass is 79.9. The van der Waals surface area contributed by atoms with E-state index < -0.39 is 0 Å². The van der Waals surface area contributed by atoms with Crippen molar-refractivity contribution in [2.45, 2.75) is 30.8 Å². The molecule has 1 heterocycles. The summed E-state index contributed by atoms with van der Waals surface area (Å²) in [5.41, 5.74) is 4.10. The van der Waals surface area contributed by atoms with Crippen LogP contribution in [0.2, 0.25) is 0 Å². The van der Waals surface area contributed by atoms with E-state index >= 15 is 0 Å². The molecule has 20 heavy (non-hydrogen) atoms. The van der Waals surface area contributed by atoms with Crippen molar-refractivity contribution in [1.29, 1.82) is 0 Å². The predicted octanol–water partition coefficient (Wildman–Crippen LogP) is 5.08. The lowest BCUT2D eigenvalue weighted by atomic mass is 10.0. The third-order valence-corrected chi connectivity index (χ3v) is 5.75. The fraction of sp³-hybridized carbons (Fsp3) is 0.294. The molecule has 0 saturated heterocycles. The van der Waals surface area contributed by atoms with Crippen LogP contribution in [0.4, 0.5) is 0 Å². The molecule has 1 aliphatic heterocycles. The first-order valence-corrected chi connectivity index (χ1v) is 8.72. The first-order chi connectivity index (χ1) is 9.74. The minimum Gasteiger partial charge on any atom is -0.306 e. The number of halogens is 1. The monoisotopic (exact) mass is 347 g/mol. The Morgan fingerprint density at radius 3 is 2.95 bits per heavy atom. The lowest BCUT2D eigenvalue weighted by Crippen LogP contribution is -2.24. The maximum absolute atomic E-state index is 3.71. The fourth-order valence-electron chi connectivity index (χ4n) is 2.61. The maximum atomic E-state index is 3.71. The van der Waals surface area contributed by atoms with Crippen LogP contribution in [-0.4, -0.2) is 5.75 Å². The van der Waals surface area contributed by atoms with Gasteiger partial charge in [0, 0.05) is 22.0 Å². The lowest BCUT2D eigenvalue weighted by Gasteiger charge is -2.26. The molecule has 1 N–H and O–H groups in total. The van der Waals surface area contributed by atoms with Crippen molar-refractivity contribution in [3.8, 4) is 0 Å². The lowest BCUT2D eigenvalue weighted by molar-refractivity contribution is 0.510. The summed E-state index contributed by atoms with van der Waals surface area (Å²) in [7, 11) is 0. The Morgan fingerprint density at radius 2 is 2.10 bits per heavy atom. The number of hydrogen-bond donors (Lipinski definition) is 1. The Bertz CT molecular complexity index is 612. The Labute approximate surface area is 133 Å². The van der Waals surface area contributed by atoms with E-state index in [2.05, 4.69) is 70.6 Å². The molecule has 0 fully saturated rings. The van der Waals surface area contributed by atoms with Gasteiger partial charge in [-0.15, -0.1) is 11.8 Å². The fourth-order valence-corrected chi connectivity index (χ4v) is 3.98. The second-order valence-electron chi connectivity index (χ2n) is 5.19. The van der Waals surface area contributed by atoms with Crippen molar-refractivity contribution in [2.24, 2.45) is 0 Å². The molecule has 2 aromatic carbocycles. The Hall–Kier alpha value is -0.770. The highest BCUT2D eigenvalue weighted by Gasteiger charge is 2.19. The van der Waals surface area contributed by atoms with E-state index in [1.54, 1.807) is 0 Å². The number of nitrogens with one attached hydrogen (secondary N) is 1. The molecule has 0 aliphatic carbocycles. The van der Waals surface area contributed by atoms with Crippen molar-refractivity contribution in [3.63, 3.8) is 0 Å². The van der Waals surface area contributed by atoms with Gasteiger partial charge in [0.25, 0.3) is 0 Å². The molecule has 1 atom stereocenters.